The lowest BCUT2D eigenvalue weighted by atomic mass is 9.89. The molecule has 2 N–H and O–H groups in total. The molecule has 0 saturated carbocycles. The number of aromatic nitrogens is 3. The summed E-state index contributed by atoms with van der Waals surface area (Å²) in [5.41, 5.74) is 1.01. The maximum Gasteiger partial charge on any atom is 0.256 e. The summed E-state index contributed by atoms with van der Waals surface area (Å²) in [6.07, 6.45) is 4.23. The molecular formula is C48H75N11O10S. The van der Waals surface area contributed by atoms with Crippen molar-refractivity contribution >= 4 is 51.4 Å². The van der Waals surface area contributed by atoms with E-state index >= 15 is 0 Å². The van der Waals surface area contributed by atoms with E-state index in [1.165, 1.54) is 18.0 Å². The van der Waals surface area contributed by atoms with Crippen molar-refractivity contribution in [2.75, 3.05) is 61.8 Å². The maximum atomic E-state index is 14.4. The Hall–Kier alpha value is -5.74. The number of nitrogens with zero attached hydrogens (tertiary/aromatic N) is 9. The van der Waals surface area contributed by atoms with Crippen molar-refractivity contribution in [2.24, 2.45) is 22.7 Å². The van der Waals surface area contributed by atoms with Gasteiger partial charge in [0.05, 0.1) is 55.1 Å². The molecule has 1 aromatic heterocycles. The Morgan fingerprint density at radius 3 is 2.14 bits per heavy atom. The predicted molar refractivity (Wildman–Crippen MR) is 263 cm³/mol. The van der Waals surface area contributed by atoms with Crippen molar-refractivity contribution in [3.05, 3.63) is 59.9 Å². The van der Waals surface area contributed by atoms with Crippen LogP contribution in [-0.4, -0.2) is 187 Å². The molecule has 1 aromatic carbocycles. The molecule has 2 unspecified atom stereocenters. The highest BCUT2D eigenvalue weighted by Gasteiger charge is 2.43. The van der Waals surface area contributed by atoms with E-state index in [1.54, 1.807) is 61.2 Å². The van der Waals surface area contributed by atoms with E-state index in [4.69, 9.17) is 14.5 Å². The van der Waals surface area contributed by atoms with Gasteiger partial charge in [0.1, 0.15) is 17.8 Å². The monoisotopic (exact) mass is 998 g/mol. The molecule has 388 valence electrons. The van der Waals surface area contributed by atoms with Gasteiger partial charge in [-0.2, -0.15) is 0 Å². The molecular weight excluding hydrogens is 923 g/mol. The second kappa shape index (κ2) is 25.9. The van der Waals surface area contributed by atoms with Gasteiger partial charge in [0.25, 0.3) is 17.7 Å². The zero-order chi connectivity index (χ0) is 52.0. The third-order valence-electron chi connectivity index (χ3n) is 13.0. The summed E-state index contributed by atoms with van der Waals surface area (Å²) in [6.45, 7) is 10.1. The van der Waals surface area contributed by atoms with E-state index in [0.717, 1.165) is 17.1 Å². The fourth-order valence-electron chi connectivity index (χ4n) is 9.08. The molecule has 1 saturated heterocycles. The Labute approximate surface area is 413 Å². The number of carbonyl (C=O) groups is 6. The van der Waals surface area contributed by atoms with Crippen molar-refractivity contribution < 1.29 is 46.7 Å². The lowest BCUT2D eigenvalue weighted by Crippen LogP contribution is -2.56. The first-order valence-electron chi connectivity index (χ1n) is 23.9. The standard InChI is InChI=1S/C48H75N11O10S/c1-13-32(4)43(56(10)47(65)42(31(2)3)50-48(54(6)7)55(8)9)38(68-11)28-41(62)58-25-17-21-37(58)44(69-12)33(5)45(63)49-36(27-34-19-15-14-16-20-34)46(64)52-70(66,67)26-18-24-57-29-35(51-53-57)30-59-39(60)22-23-40(59)61/h14-16,19-20,22-23,29,31-33,36-38,42-44H,13,17-18,21,24-28,30H2,1-12H3,(H,49,63)(H,52,64)/t32-,33+,36-,37?,38+,42-,43?,44+/m0/s1. The highest BCUT2D eigenvalue weighted by Crippen LogP contribution is 2.30. The molecule has 0 spiro atoms. The minimum absolute atomic E-state index is 0.0188. The van der Waals surface area contributed by atoms with Crippen LogP contribution in [0.2, 0.25) is 0 Å². The number of guanidine groups is 1. The molecule has 0 aliphatic carbocycles. The molecule has 4 rings (SSSR count). The highest BCUT2D eigenvalue weighted by atomic mass is 32.2. The van der Waals surface area contributed by atoms with E-state index < -0.39 is 81.7 Å². The third kappa shape index (κ3) is 15.1. The fourth-order valence-corrected chi connectivity index (χ4v) is 10.1. The number of amides is 6. The molecule has 6 amide bonds. The van der Waals surface area contributed by atoms with Gasteiger partial charge in [-0.05, 0) is 36.7 Å². The molecule has 2 aliphatic rings. The number of benzene rings is 1. The van der Waals surface area contributed by atoms with Crippen molar-refractivity contribution in [3.8, 4) is 0 Å². The largest absolute Gasteiger partial charge is 0.379 e. The molecule has 2 aromatic rings. The summed E-state index contributed by atoms with van der Waals surface area (Å²) in [6, 6.07) is 5.88. The second-order valence-electron chi connectivity index (χ2n) is 19.0. The lowest BCUT2D eigenvalue weighted by molar-refractivity contribution is -0.146. The molecule has 70 heavy (non-hydrogen) atoms. The van der Waals surface area contributed by atoms with E-state index in [9.17, 15) is 37.2 Å². The van der Waals surface area contributed by atoms with Gasteiger partial charge < -0.3 is 34.4 Å². The fraction of sp³-hybridized carbons (Fsp3) is 0.646. The number of nitrogens with one attached hydrogen (secondary N) is 2. The number of imide groups is 1. The van der Waals surface area contributed by atoms with Crippen LogP contribution in [0.3, 0.4) is 0 Å². The quantitative estimate of drug-likeness (QED) is 0.0819. The van der Waals surface area contributed by atoms with Crippen molar-refractivity contribution in [2.45, 2.75) is 123 Å². The number of methoxy groups -OCH3 is 2. The molecule has 0 bridgehead atoms. The van der Waals surface area contributed by atoms with Crippen LogP contribution in [-0.2, 0) is 67.8 Å². The van der Waals surface area contributed by atoms with Crippen molar-refractivity contribution in [1.82, 2.24) is 49.5 Å². The summed E-state index contributed by atoms with van der Waals surface area (Å²) >= 11 is 0. The minimum atomic E-state index is -4.21. The molecule has 0 radical (unpaired) electrons. The molecule has 2 aliphatic heterocycles. The molecule has 1 fully saturated rings. The highest BCUT2D eigenvalue weighted by molar-refractivity contribution is 7.90. The molecule has 3 heterocycles. The Balaban J connectivity index is 1.45. The summed E-state index contributed by atoms with van der Waals surface area (Å²) in [4.78, 5) is 93.6. The summed E-state index contributed by atoms with van der Waals surface area (Å²) in [7, 11) is 8.05. The maximum absolute atomic E-state index is 14.4. The smallest absolute Gasteiger partial charge is 0.256 e. The number of rotatable bonds is 25. The van der Waals surface area contributed by atoms with Gasteiger partial charge in [0.15, 0.2) is 5.96 Å². The van der Waals surface area contributed by atoms with E-state index in [1.807, 2.05) is 65.7 Å². The minimum Gasteiger partial charge on any atom is -0.379 e. The summed E-state index contributed by atoms with van der Waals surface area (Å²) in [5, 5.41) is 10.7. The first-order chi connectivity index (χ1) is 33.0. The summed E-state index contributed by atoms with van der Waals surface area (Å²) < 4.78 is 42.1. The Bertz CT molecular complexity index is 2260. The number of likely N-dealkylation sites (tertiary alicyclic amines) is 1. The SMILES string of the molecule is CC[C@H](C)C([C@@H](CC(=O)N1CCCC1[C@H](OC)[C@@H](C)C(=O)N[C@@H](Cc1ccccc1)C(=O)NS(=O)(=O)CCCn1cc(CN2C(=O)C=CC2=O)nn1)OC)N(C)C(=O)[C@@H](N=C(N(C)C)N(C)C)C(C)C. The van der Waals surface area contributed by atoms with Gasteiger partial charge in [-0.3, -0.25) is 43.1 Å². The van der Waals surface area contributed by atoms with Crippen LogP contribution >= 0.6 is 0 Å². The van der Waals surface area contributed by atoms with Crippen molar-refractivity contribution in [1.29, 1.82) is 0 Å². The number of aryl methyl sites for hydroxylation is 1. The van der Waals surface area contributed by atoms with Crippen LogP contribution in [0.15, 0.2) is 53.7 Å². The number of hydrogen-bond acceptors (Lipinski definition) is 13. The van der Waals surface area contributed by atoms with Crippen LogP contribution in [0.25, 0.3) is 0 Å². The molecule has 8 atom stereocenters. The average Bonchev–Trinajstić information content (AvgIpc) is 4.06. The number of aliphatic imine (C=N–C) groups is 1. The zero-order valence-electron chi connectivity index (χ0n) is 42.9. The number of sulfonamides is 1. The van der Waals surface area contributed by atoms with Gasteiger partial charge in [-0.15, -0.1) is 5.10 Å². The third-order valence-corrected chi connectivity index (χ3v) is 14.3. The van der Waals surface area contributed by atoms with Crippen LogP contribution in [0.4, 0.5) is 0 Å². The number of likely N-dealkylation sites (N-methyl/N-ethyl adjacent to an activating group) is 1. The van der Waals surface area contributed by atoms with Crippen LogP contribution in [0.5, 0.6) is 0 Å². The first kappa shape index (κ1) is 56.8. The van der Waals surface area contributed by atoms with Crippen LogP contribution in [0.1, 0.15) is 78.0 Å². The predicted octanol–water partition coefficient (Wildman–Crippen LogP) is 1.69. The Kier molecular flexibility index (Phi) is 21.1. The zero-order valence-corrected chi connectivity index (χ0v) is 43.7. The molecule has 21 nitrogen and oxygen atoms in total. The summed E-state index contributed by atoms with van der Waals surface area (Å²) in [5.74, 6) is -3.72. The number of carbonyl (C=O) groups excluding carboxylic acids is 6. The van der Waals surface area contributed by atoms with Gasteiger partial charge in [-0.1, -0.05) is 76.6 Å². The lowest BCUT2D eigenvalue weighted by Gasteiger charge is -2.40. The van der Waals surface area contributed by atoms with Crippen molar-refractivity contribution in [3.63, 3.8) is 0 Å². The topological polar surface area (TPSA) is 238 Å². The number of hydrogen-bond donors (Lipinski definition) is 2. The Morgan fingerprint density at radius 1 is 0.929 bits per heavy atom. The van der Waals surface area contributed by atoms with E-state index in [0.29, 0.717) is 43.0 Å². The van der Waals surface area contributed by atoms with Crippen LogP contribution in [0, 0.1) is 17.8 Å². The van der Waals surface area contributed by atoms with Gasteiger partial charge in [0, 0.05) is 81.1 Å². The van der Waals surface area contributed by atoms with Crippen LogP contribution < -0.4 is 10.0 Å². The molecule has 22 heteroatoms. The van der Waals surface area contributed by atoms with E-state index in [-0.39, 0.29) is 56.0 Å². The van der Waals surface area contributed by atoms with Gasteiger partial charge in [-0.25, -0.2) is 13.4 Å². The Morgan fingerprint density at radius 2 is 1.57 bits per heavy atom. The van der Waals surface area contributed by atoms with Gasteiger partial charge >= 0.3 is 0 Å². The van der Waals surface area contributed by atoms with Gasteiger partial charge in [0.2, 0.25) is 27.7 Å². The number of ether oxygens (including phenoxy) is 2. The van der Waals surface area contributed by atoms with E-state index in [2.05, 4.69) is 20.4 Å². The first-order valence-corrected chi connectivity index (χ1v) is 25.5. The normalized spacial score (nSPS) is 17.9. The second-order valence-corrected chi connectivity index (χ2v) is 20.8. The average molecular weight is 998 g/mol.